The van der Waals surface area contributed by atoms with Crippen LogP contribution in [0, 0.1) is 0 Å². The van der Waals surface area contributed by atoms with E-state index in [2.05, 4.69) is 15.6 Å². The average Bonchev–Trinajstić information content (AvgIpc) is 3.08. The van der Waals surface area contributed by atoms with Gasteiger partial charge in [-0.1, -0.05) is 0 Å². The van der Waals surface area contributed by atoms with Crippen LogP contribution in [0.1, 0.15) is 17.5 Å². The van der Waals surface area contributed by atoms with E-state index in [0.29, 0.717) is 11.8 Å². The number of nitrogens with one attached hydrogen (secondary N) is 2. The number of alkyl halides is 3. The minimum Gasteiger partial charge on any atom is -0.468 e. The normalized spacial score (nSPS) is 12.7. The Balaban J connectivity index is 1.92. The molecule has 0 aliphatic rings. The maximum Gasteiger partial charge on any atom is 0.433 e. The molecule has 0 aliphatic carbocycles. The van der Waals surface area contributed by atoms with E-state index in [4.69, 9.17) is 4.42 Å². The van der Waals surface area contributed by atoms with Crippen LogP contribution in [0.5, 0.6) is 0 Å². The summed E-state index contributed by atoms with van der Waals surface area (Å²) in [6.07, 6.45) is -2.25. The zero-order valence-corrected chi connectivity index (χ0v) is 14.0. The molecule has 2 rings (SSSR count). The SMILES string of the molecule is CN(C)C(CNC(=O)C(=O)Nc1ccc(C(F)(F)F)nc1)c1ccco1. The van der Waals surface area contributed by atoms with Gasteiger partial charge in [-0.15, -0.1) is 0 Å². The van der Waals surface area contributed by atoms with Crippen molar-refractivity contribution in [1.82, 2.24) is 15.2 Å². The van der Waals surface area contributed by atoms with Crippen LogP contribution in [0.2, 0.25) is 0 Å². The van der Waals surface area contributed by atoms with Crippen molar-refractivity contribution < 1.29 is 27.2 Å². The lowest BCUT2D eigenvalue weighted by atomic mass is 10.2. The Hall–Kier alpha value is -2.88. The number of amides is 2. The van der Waals surface area contributed by atoms with Gasteiger partial charge in [0, 0.05) is 6.54 Å². The molecule has 0 aromatic carbocycles. The second-order valence-corrected chi connectivity index (χ2v) is 5.59. The molecule has 0 aliphatic heterocycles. The number of anilines is 1. The first kappa shape index (κ1) is 19.4. The van der Waals surface area contributed by atoms with Crippen LogP contribution in [-0.2, 0) is 15.8 Å². The molecule has 0 bridgehead atoms. The highest BCUT2D eigenvalue weighted by atomic mass is 19.4. The highest BCUT2D eigenvalue weighted by Gasteiger charge is 2.32. The summed E-state index contributed by atoms with van der Waals surface area (Å²) in [5, 5.41) is 4.65. The zero-order chi connectivity index (χ0) is 19.3. The van der Waals surface area contributed by atoms with Crippen LogP contribution in [-0.4, -0.2) is 42.3 Å². The average molecular weight is 370 g/mol. The van der Waals surface area contributed by atoms with Gasteiger partial charge in [-0.3, -0.25) is 14.5 Å². The third kappa shape index (κ3) is 5.06. The van der Waals surface area contributed by atoms with Gasteiger partial charge in [-0.05, 0) is 38.4 Å². The molecule has 2 aromatic heterocycles. The monoisotopic (exact) mass is 370 g/mol. The molecule has 7 nitrogen and oxygen atoms in total. The lowest BCUT2D eigenvalue weighted by Crippen LogP contribution is -2.40. The highest BCUT2D eigenvalue weighted by molar-refractivity contribution is 6.39. The third-order valence-corrected chi connectivity index (χ3v) is 3.47. The first-order valence-electron chi connectivity index (χ1n) is 7.50. The summed E-state index contributed by atoms with van der Waals surface area (Å²) < 4.78 is 42.6. The van der Waals surface area contributed by atoms with Gasteiger partial charge in [0.25, 0.3) is 0 Å². The fourth-order valence-electron chi connectivity index (χ4n) is 2.11. The van der Waals surface area contributed by atoms with Crippen molar-refractivity contribution in [2.75, 3.05) is 26.0 Å². The van der Waals surface area contributed by atoms with Gasteiger partial charge in [-0.2, -0.15) is 13.2 Å². The predicted molar refractivity (Wildman–Crippen MR) is 86.0 cm³/mol. The molecule has 140 valence electrons. The quantitative estimate of drug-likeness (QED) is 0.787. The highest BCUT2D eigenvalue weighted by Crippen LogP contribution is 2.27. The minimum absolute atomic E-state index is 0.0201. The number of likely N-dealkylation sites (N-methyl/N-ethyl adjacent to an activating group) is 1. The largest absolute Gasteiger partial charge is 0.468 e. The van der Waals surface area contributed by atoms with Crippen LogP contribution < -0.4 is 10.6 Å². The summed E-state index contributed by atoms with van der Waals surface area (Å²) >= 11 is 0. The molecule has 10 heteroatoms. The van der Waals surface area contributed by atoms with Gasteiger partial charge in [0.05, 0.1) is 24.2 Å². The molecule has 1 atom stereocenters. The van der Waals surface area contributed by atoms with E-state index in [0.717, 1.165) is 12.3 Å². The number of furan rings is 1. The molecule has 1 unspecified atom stereocenters. The van der Waals surface area contributed by atoms with Crippen LogP contribution >= 0.6 is 0 Å². The minimum atomic E-state index is -4.58. The molecule has 0 spiro atoms. The maximum absolute atomic E-state index is 12.4. The fraction of sp³-hybridized carbons (Fsp3) is 0.312. The Labute approximate surface area is 147 Å². The summed E-state index contributed by atoms with van der Waals surface area (Å²) in [4.78, 5) is 28.8. The Bertz CT molecular complexity index is 743. The number of carbonyl (C=O) groups is 2. The van der Waals surface area contributed by atoms with Gasteiger partial charge in [0.1, 0.15) is 11.5 Å². The molecule has 0 radical (unpaired) electrons. The molecule has 0 saturated carbocycles. The number of nitrogens with zero attached hydrogens (tertiary/aromatic N) is 2. The van der Waals surface area contributed by atoms with E-state index < -0.39 is 23.7 Å². The fourth-order valence-corrected chi connectivity index (χ4v) is 2.11. The number of pyridine rings is 1. The molecule has 2 heterocycles. The van der Waals surface area contributed by atoms with E-state index in [1.165, 1.54) is 6.26 Å². The van der Waals surface area contributed by atoms with E-state index in [1.807, 2.05) is 0 Å². The number of hydrogen-bond acceptors (Lipinski definition) is 5. The summed E-state index contributed by atoms with van der Waals surface area (Å²) in [5.74, 6) is -1.32. The van der Waals surface area contributed by atoms with Gasteiger partial charge in [0.2, 0.25) is 0 Å². The lowest BCUT2D eigenvalue weighted by molar-refractivity contribution is -0.141. The van der Waals surface area contributed by atoms with Gasteiger partial charge < -0.3 is 15.1 Å². The number of rotatable bonds is 5. The molecule has 0 saturated heterocycles. The maximum atomic E-state index is 12.4. The summed E-state index contributed by atoms with van der Waals surface area (Å²) in [5.41, 5.74) is -1.11. The first-order chi connectivity index (χ1) is 12.2. The predicted octanol–water partition coefficient (Wildman–Crippen LogP) is 2.05. The van der Waals surface area contributed by atoms with Gasteiger partial charge >= 0.3 is 18.0 Å². The Kier molecular flexibility index (Phi) is 5.98. The van der Waals surface area contributed by atoms with E-state index in [1.54, 1.807) is 31.1 Å². The second kappa shape index (κ2) is 8.00. The topological polar surface area (TPSA) is 87.5 Å². The van der Waals surface area contributed by atoms with Crippen molar-refractivity contribution in [3.8, 4) is 0 Å². The Morgan fingerprint density at radius 1 is 1.23 bits per heavy atom. The van der Waals surface area contributed by atoms with Crippen molar-refractivity contribution in [3.63, 3.8) is 0 Å². The van der Waals surface area contributed by atoms with Gasteiger partial charge in [0.15, 0.2) is 0 Å². The summed E-state index contributed by atoms with van der Waals surface area (Å²) in [7, 11) is 3.57. The van der Waals surface area contributed by atoms with E-state index in [-0.39, 0.29) is 18.3 Å². The van der Waals surface area contributed by atoms with E-state index >= 15 is 0 Å². The zero-order valence-electron chi connectivity index (χ0n) is 14.0. The van der Waals surface area contributed by atoms with Crippen molar-refractivity contribution in [1.29, 1.82) is 0 Å². The number of halogens is 3. The van der Waals surface area contributed by atoms with Crippen LogP contribution in [0.3, 0.4) is 0 Å². The number of aromatic nitrogens is 1. The molecular weight excluding hydrogens is 353 g/mol. The first-order valence-corrected chi connectivity index (χ1v) is 7.50. The molecule has 2 N–H and O–H groups in total. The van der Waals surface area contributed by atoms with Crippen LogP contribution in [0.15, 0.2) is 41.1 Å². The number of carbonyl (C=O) groups excluding carboxylic acids is 2. The van der Waals surface area contributed by atoms with Crippen molar-refractivity contribution in [2.24, 2.45) is 0 Å². The second-order valence-electron chi connectivity index (χ2n) is 5.59. The molecule has 0 fully saturated rings. The van der Waals surface area contributed by atoms with Crippen molar-refractivity contribution in [2.45, 2.75) is 12.2 Å². The smallest absolute Gasteiger partial charge is 0.433 e. The Morgan fingerprint density at radius 2 is 1.96 bits per heavy atom. The third-order valence-electron chi connectivity index (χ3n) is 3.47. The van der Waals surface area contributed by atoms with E-state index in [9.17, 15) is 22.8 Å². The molecule has 26 heavy (non-hydrogen) atoms. The Morgan fingerprint density at radius 3 is 2.46 bits per heavy atom. The molecule has 2 aromatic rings. The van der Waals surface area contributed by atoms with Crippen LogP contribution in [0.4, 0.5) is 18.9 Å². The lowest BCUT2D eigenvalue weighted by Gasteiger charge is -2.22. The molecular formula is C16H17F3N4O3. The standard InChI is InChI=1S/C16H17F3N4O3/c1-23(2)11(12-4-3-7-26-12)9-21-14(24)15(25)22-10-5-6-13(20-8-10)16(17,18)19/h3-8,11H,9H2,1-2H3,(H,21,24)(H,22,25). The van der Waals surface area contributed by atoms with Crippen molar-refractivity contribution >= 4 is 17.5 Å². The van der Waals surface area contributed by atoms with Crippen molar-refractivity contribution in [3.05, 3.63) is 48.2 Å². The summed E-state index contributed by atoms with van der Waals surface area (Å²) in [6, 6.07) is 4.90. The van der Waals surface area contributed by atoms with Gasteiger partial charge in [-0.25, -0.2) is 4.98 Å². The number of hydrogen-bond donors (Lipinski definition) is 2. The molecule has 2 amide bonds. The summed E-state index contributed by atoms with van der Waals surface area (Å²) in [6.45, 7) is 0.109. The van der Waals surface area contributed by atoms with Crippen LogP contribution in [0.25, 0.3) is 0 Å².